The average molecular weight is 258 g/mol. The van der Waals surface area contributed by atoms with E-state index in [-0.39, 0.29) is 17.1 Å². The highest BCUT2D eigenvalue weighted by Crippen LogP contribution is 2.25. The van der Waals surface area contributed by atoms with Crippen LogP contribution >= 0.6 is 0 Å². The van der Waals surface area contributed by atoms with Gasteiger partial charge in [-0.15, -0.1) is 0 Å². The Bertz CT molecular complexity index is 525. The van der Waals surface area contributed by atoms with E-state index in [1.807, 2.05) is 0 Å². The second-order valence-corrected chi connectivity index (χ2v) is 5.47. The Morgan fingerprint density at radius 2 is 2.06 bits per heavy atom. The predicted octanol–water partition coefficient (Wildman–Crippen LogP) is 2.05. The predicted molar refractivity (Wildman–Crippen MR) is 65.5 cm³/mol. The number of anilines is 1. The van der Waals surface area contributed by atoms with Crippen molar-refractivity contribution < 1.29 is 13.3 Å². The minimum atomic E-state index is -3.42. The molecule has 0 saturated heterocycles. The molecule has 6 nitrogen and oxygen atoms in total. The highest BCUT2D eigenvalue weighted by Gasteiger charge is 2.16. The number of nitrogens with one attached hydrogen (secondary N) is 1. The van der Waals surface area contributed by atoms with Crippen molar-refractivity contribution in [1.82, 2.24) is 0 Å². The monoisotopic (exact) mass is 258 g/mol. The zero-order valence-corrected chi connectivity index (χ0v) is 10.5. The minimum absolute atomic E-state index is 0.00483. The van der Waals surface area contributed by atoms with Crippen LogP contribution in [0.2, 0.25) is 0 Å². The van der Waals surface area contributed by atoms with Crippen LogP contribution < -0.4 is 4.72 Å². The van der Waals surface area contributed by atoms with E-state index in [4.69, 9.17) is 0 Å². The largest absolute Gasteiger partial charge is 0.283 e. The molecule has 0 atom stereocenters. The maximum Gasteiger partial charge on any atom is 0.274 e. The van der Waals surface area contributed by atoms with Crippen LogP contribution in [0.1, 0.15) is 18.9 Å². The normalized spacial score (nSPS) is 11.2. The fourth-order valence-electron chi connectivity index (χ4n) is 1.42. The average Bonchev–Trinajstić information content (AvgIpc) is 2.20. The van der Waals surface area contributed by atoms with E-state index in [1.165, 1.54) is 25.1 Å². The summed E-state index contributed by atoms with van der Waals surface area (Å²) < 4.78 is 25.5. The van der Waals surface area contributed by atoms with Crippen molar-refractivity contribution in [2.24, 2.45) is 0 Å². The SMILES string of the molecule is CCCS(=O)(=O)Nc1cccc([N+](=O)[O-])c1C. The summed E-state index contributed by atoms with van der Waals surface area (Å²) in [6.07, 6.45) is 0.489. The molecular formula is C10H14N2O4S. The van der Waals surface area contributed by atoms with Crippen molar-refractivity contribution in [3.8, 4) is 0 Å². The molecule has 1 rings (SSSR count). The molecule has 1 N–H and O–H groups in total. The Morgan fingerprint density at radius 3 is 2.59 bits per heavy atom. The van der Waals surface area contributed by atoms with Crippen LogP contribution in [0.15, 0.2) is 18.2 Å². The standard InChI is InChI=1S/C10H14N2O4S/c1-3-7-17(15,16)11-9-5-4-6-10(8(9)2)12(13)14/h4-6,11H,3,7H2,1-2H3. The molecule has 94 valence electrons. The lowest BCUT2D eigenvalue weighted by atomic mass is 10.2. The molecule has 0 heterocycles. The van der Waals surface area contributed by atoms with Gasteiger partial charge in [0.05, 0.1) is 21.9 Å². The summed E-state index contributed by atoms with van der Waals surface area (Å²) in [5.41, 5.74) is 0.478. The number of benzene rings is 1. The molecule has 0 amide bonds. The number of sulfonamides is 1. The Hall–Kier alpha value is -1.63. The first-order valence-corrected chi connectivity index (χ1v) is 6.77. The minimum Gasteiger partial charge on any atom is -0.283 e. The van der Waals surface area contributed by atoms with Crippen molar-refractivity contribution in [2.45, 2.75) is 20.3 Å². The fourth-order valence-corrected chi connectivity index (χ4v) is 2.61. The van der Waals surface area contributed by atoms with Crippen LogP contribution in [0.3, 0.4) is 0 Å². The number of nitrogens with zero attached hydrogens (tertiary/aromatic N) is 1. The van der Waals surface area contributed by atoms with Gasteiger partial charge in [0.2, 0.25) is 10.0 Å². The van der Waals surface area contributed by atoms with Crippen LogP contribution in [0, 0.1) is 17.0 Å². The lowest BCUT2D eigenvalue weighted by molar-refractivity contribution is -0.385. The summed E-state index contributed by atoms with van der Waals surface area (Å²) in [4.78, 5) is 10.2. The molecule has 17 heavy (non-hydrogen) atoms. The Morgan fingerprint density at radius 1 is 1.41 bits per heavy atom. The van der Waals surface area contributed by atoms with Crippen LogP contribution in [-0.2, 0) is 10.0 Å². The van der Waals surface area contributed by atoms with Crippen molar-refractivity contribution in [3.63, 3.8) is 0 Å². The number of rotatable bonds is 5. The zero-order chi connectivity index (χ0) is 13.1. The van der Waals surface area contributed by atoms with Gasteiger partial charge in [-0.3, -0.25) is 14.8 Å². The maximum atomic E-state index is 11.6. The summed E-state index contributed by atoms with van der Waals surface area (Å²) in [6, 6.07) is 4.30. The summed E-state index contributed by atoms with van der Waals surface area (Å²) in [5.74, 6) is -0.00483. The van der Waals surface area contributed by atoms with Crippen LogP contribution in [-0.4, -0.2) is 19.1 Å². The topological polar surface area (TPSA) is 89.3 Å². The fraction of sp³-hybridized carbons (Fsp3) is 0.400. The van der Waals surface area contributed by atoms with E-state index in [0.717, 1.165) is 0 Å². The molecule has 1 aromatic rings. The molecule has 7 heteroatoms. The first-order chi connectivity index (χ1) is 7.87. The van der Waals surface area contributed by atoms with E-state index < -0.39 is 14.9 Å². The van der Waals surface area contributed by atoms with Crippen LogP contribution in [0.5, 0.6) is 0 Å². The molecule has 0 aromatic heterocycles. The van der Waals surface area contributed by atoms with Crippen molar-refractivity contribution in [2.75, 3.05) is 10.5 Å². The first kappa shape index (κ1) is 13.4. The number of nitro groups is 1. The van der Waals surface area contributed by atoms with Gasteiger partial charge in [0, 0.05) is 6.07 Å². The number of nitro benzene ring substituents is 1. The summed E-state index contributed by atoms with van der Waals surface area (Å²) in [6.45, 7) is 3.27. The van der Waals surface area contributed by atoms with Gasteiger partial charge in [-0.05, 0) is 19.4 Å². The molecular weight excluding hydrogens is 244 g/mol. The van der Waals surface area contributed by atoms with Gasteiger partial charge in [-0.2, -0.15) is 0 Å². The molecule has 0 bridgehead atoms. The Labute approximate surface area is 99.9 Å². The molecule has 0 radical (unpaired) electrons. The molecule has 0 saturated carbocycles. The second kappa shape index (κ2) is 5.13. The highest BCUT2D eigenvalue weighted by atomic mass is 32.2. The Balaban J connectivity index is 3.09. The molecule has 0 spiro atoms. The molecule has 1 aromatic carbocycles. The van der Waals surface area contributed by atoms with Gasteiger partial charge in [-0.1, -0.05) is 13.0 Å². The number of hydrogen-bond donors (Lipinski definition) is 1. The smallest absolute Gasteiger partial charge is 0.274 e. The second-order valence-electron chi connectivity index (χ2n) is 3.63. The van der Waals surface area contributed by atoms with Gasteiger partial charge in [-0.25, -0.2) is 8.42 Å². The van der Waals surface area contributed by atoms with Crippen LogP contribution in [0.4, 0.5) is 11.4 Å². The van der Waals surface area contributed by atoms with E-state index in [2.05, 4.69) is 4.72 Å². The third kappa shape index (κ3) is 3.42. The van der Waals surface area contributed by atoms with Gasteiger partial charge >= 0.3 is 0 Å². The third-order valence-electron chi connectivity index (χ3n) is 2.24. The van der Waals surface area contributed by atoms with E-state index in [9.17, 15) is 18.5 Å². The Kier molecular flexibility index (Phi) is 4.06. The summed E-state index contributed by atoms with van der Waals surface area (Å²) in [5, 5.41) is 10.7. The zero-order valence-electron chi connectivity index (χ0n) is 9.63. The van der Waals surface area contributed by atoms with Crippen molar-refractivity contribution >= 4 is 21.4 Å². The van der Waals surface area contributed by atoms with E-state index >= 15 is 0 Å². The first-order valence-electron chi connectivity index (χ1n) is 5.12. The van der Waals surface area contributed by atoms with Crippen molar-refractivity contribution in [3.05, 3.63) is 33.9 Å². The third-order valence-corrected chi connectivity index (χ3v) is 3.72. The highest BCUT2D eigenvalue weighted by molar-refractivity contribution is 7.92. The molecule has 0 aliphatic carbocycles. The molecule has 0 aliphatic heterocycles. The lowest BCUT2D eigenvalue weighted by Crippen LogP contribution is -2.17. The van der Waals surface area contributed by atoms with E-state index in [1.54, 1.807) is 6.92 Å². The number of hydrogen-bond acceptors (Lipinski definition) is 4. The summed E-state index contributed by atoms with van der Waals surface area (Å²) >= 11 is 0. The van der Waals surface area contributed by atoms with Crippen molar-refractivity contribution in [1.29, 1.82) is 0 Å². The van der Waals surface area contributed by atoms with Gasteiger partial charge in [0.25, 0.3) is 5.69 Å². The van der Waals surface area contributed by atoms with Crippen LogP contribution in [0.25, 0.3) is 0 Å². The maximum absolute atomic E-state index is 11.6. The van der Waals surface area contributed by atoms with Gasteiger partial charge in [0.1, 0.15) is 0 Å². The molecule has 0 unspecified atom stereocenters. The molecule has 0 fully saturated rings. The van der Waals surface area contributed by atoms with E-state index in [0.29, 0.717) is 12.0 Å². The summed E-state index contributed by atoms with van der Waals surface area (Å²) in [7, 11) is -3.42. The lowest BCUT2D eigenvalue weighted by Gasteiger charge is -2.09. The van der Waals surface area contributed by atoms with Gasteiger partial charge < -0.3 is 0 Å². The van der Waals surface area contributed by atoms with Gasteiger partial charge in [0.15, 0.2) is 0 Å². The quantitative estimate of drug-likeness (QED) is 0.646. The molecule has 0 aliphatic rings.